The Bertz CT molecular complexity index is 1600. The summed E-state index contributed by atoms with van der Waals surface area (Å²) in [6.45, 7) is 2.20. The Balaban J connectivity index is 1.55. The van der Waals surface area contributed by atoms with Crippen molar-refractivity contribution in [3.63, 3.8) is 0 Å². The number of amides is 2. The number of aryl methyl sites for hydroxylation is 1. The zero-order valence-electron chi connectivity index (χ0n) is 19.6. The molecule has 9 nitrogen and oxygen atoms in total. The summed E-state index contributed by atoms with van der Waals surface area (Å²) >= 11 is 0. The van der Waals surface area contributed by atoms with Crippen molar-refractivity contribution in [3.05, 3.63) is 75.2 Å². The van der Waals surface area contributed by atoms with Gasteiger partial charge in [0, 0.05) is 30.6 Å². The van der Waals surface area contributed by atoms with Gasteiger partial charge in [-0.25, -0.2) is 9.31 Å². The van der Waals surface area contributed by atoms with Crippen molar-refractivity contribution in [1.29, 1.82) is 0 Å². The summed E-state index contributed by atoms with van der Waals surface area (Å²) in [7, 11) is 0. The zero-order chi connectivity index (χ0) is 26.5. The Labute approximate surface area is 207 Å². The molecular weight excluding hydrogens is 491 g/mol. The number of aromatic amines is 1. The van der Waals surface area contributed by atoms with E-state index in [0.29, 0.717) is 53.7 Å². The lowest BCUT2D eigenvalue weighted by Gasteiger charge is -2.30. The molecule has 1 saturated heterocycles. The van der Waals surface area contributed by atoms with Crippen LogP contribution >= 0.6 is 0 Å². The fourth-order valence-electron chi connectivity index (χ4n) is 4.78. The van der Waals surface area contributed by atoms with Gasteiger partial charge in [-0.2, -0.15) is 18.3 Å². The summed E-state index contributed by atoms with van der Waals surface area (Å²) < 4.78 is 41.2. The summed E-state index contributed by atoms with van der Waals surface area (Å²) in [5.41, 5.74) is 0.622. The Morgan fingerprint density at radius 2 is 1.86 bits per heavy atom. The molecule has 5 rings (SSSR count). The lowest BCUT2D eigenvalue weighted by atomic mass is 9.93. The Hall–Kier alpha value is -4.35. The molecule has 3 heterocycles. The van der Waals surface area contributed by atoms with Crippen molar-refractivity contribution in [3.8, 4) is 0 Å². The number of nitrogens with zero attached hydrogens (tertiary/aromatic N) is 3. The average molecular weight is 513 g/mol. The minimum Gasteiger partial charge on any atom is -0.465 e. The van der Waals surface area contributed by atoms with Crippen molar-refractivity contribution in [2.45, 2.75) is 31.9 Å². The molecule has 3 N–H and O–H groups in total. The summed E-state index contributed by atoms with van der Waals surface area (Å²) in [5, 5.41) is 16.9. The van der Waals surface area contributed by atoms with E-state index in [4.69, 9.17) is 0 Å². The number of rotatable bonds is 3. The minimum atomic E-state index is -4.60. The first-order valence-electron chi connectivity index (χ1n) is 11.5. The number of piperidine rings is 1. The maximum absolute atomic E-state index is 13.2. The van der Waals surface area contributed by atoms with E-state index in [-0.39, 0.29) is 22.7 Å². The predicted molar refractivity (Wildman–Crippen MR) is 129 cm³/mol. The van der Waals surface area contributed by atoms with Gasteiger partial charge in [0.25, 0.3) is 11.5 Å². The van der Waals surface area contributed by atoms with E-state index in [1.165, 1.54) is 17.0 Å². The number of alkyl halides is 3. The molecule has 0 spiro atoms. The number of hydrogen-bond donors (Lipinski definition) is 3. The second-order valence-electron chi connectivity index (χ2n) is 9.04. The highest BCUT2D eigenvalue weighted by molar-refractivity contribution is 6.12. The van der Waals surface area contributed by atoms with Gasteiger partial charge in [0.15, 0.2) is 0 Å². The van der Waals surface area contributed by atoms with Crippen molar-refractivity contribution in [2.75, 3.05) is 18.4 Å². The van der Waals surface area contributed by atoms with Gasteiger partial charge in [-0.1, -0.05) is 12.1 Å². The van der Waals surface area contributed by atoms with E-state index in [9.17, 15) is 32.7 Å². The lowest BCUT2D eigenvalue weighted by Crippen LogP contribution is -2.37. The van der Waals surface area contributed by atoms with Crippen LogP contribution in [0.15, 0.2) is 47.3 Å². The van der Waals surface area contributed by atoms with Crippen LogP contribution < -0.4 is 10.9 Å². The Morgan fingerprint density at radius 1 is 1.14 bits per heavy atom. The highest BCUT2D eigenvalue weighted by Gasteiger charge is 2.32. The largest absolute Gasteiger partial charge is 0.465 e. The van der Waals surface area contributed by atoms with Gasteiger partial charge in [0.2, 0.25) is 0 Å². The van der Waals surface area contributed by atoms with Crippen LogP contribution in [-0.4, -0.2) is 49.7 Å². The number of carbonyl (C=O) groups excluding carboxylic acids is 1. The fourth-order valence-corrected chi connectivity index (χ4v) is 4.78. The van der Waals surface area contributed by atoms with Gasteiger partial charge in [0.1, 0.15) is 5.65 Å². The summed E-state index contributed by atoms with van der Waals surface area (Å²) in [4.78, 5) is 41.0. The second kappa shape index (κ2) is 8.95. The maximum atomic E-state index is 13.2. The van der Waals surface area contributed by atoms with Crippen molar-refractivity contribution in [1.82, 2.24) is 19.5 Å². The molecule has 0 unspecified atom stereocenters. The van der Waals surface area contributed by atoms with Crippen LogP contribution in [0, 0.1) is 6.92 Å². The van der Waals surface area contributed by atoms with E-state index in [1.807, 2.05) is 0 Å². The molecule has 2 amide bonds. The Kier molecular flexibility index (Phi) is 5.89. The molecule has 12 heteroatoms. The van der Waals surface area contributed by atoms with E-state index in [1.54, 1.807) is 29.6 Å². The molecule has 1 aliphatic heterocycles. The second-order valence-corrected chi connectivity index (χ2v) is 9.04. The van der Waals surface area contributed by atoms with Crippen LogP contribution in [0.2, 0.25) is 0 Å². The number of fused-ring (bicyclic) bond motifs is 3. The van der Waals surface area contributed by atoms with Gasteiger partial charge < -0.3 is 20.3 Å². The van der Waals surface area contributed by atoms with Crippen molar-refractivity contribution < 1.29 is 27.9 Å². The monoisotopic (exact) mass is 513 g/mol. The van der Waals surface area contributed by atoms with Crippen LogP contribution in [0.25, 0.3) is 16.6 Å². The normalized spacial score (nSPS) is 14.9. The van der Waals surface area contributed by atoms with Crippen molar-refractivity contribution in [2.24, 2.45) is 0 Å². The van der Waals surface area contributed by atoms with Gasteiger partial charge in [0.05, 0.1) is 27.8 Å². The average Bonchev–Trinajstić information content (AvgIpc) is 3.22. The minimum absolute atomic E-state index is 0.111. The van der Waals surface area contributed by atoms with Crippen LogP contribution in [0.4, 0.5) is 23.7 Å². The highest BCUT2D eigenvalue weighted by Crippen LogP contribution is 2.33. The summed E-state index contributed by atoms with van der Waals surface area (Å²) in [6, 6.07) is 9.34. The quantitative estimate of drug-likeness (QED) is 0.370. The fraction of sp³-hybridized carbons (Fsp3) is 0.280. The third kappa shape index (κ3) is 4.50. The number of anilines is 1. The van der Waals surface area contributed by atoms with E-state index in [0.717, 1.165) is 12.1 Å². The summed E-state index contributed by atoms with van der Waals surface area (Å²) in [5.74, 6) is -0.837. The molecule has 192 valence electrons. The topological polar surface area (TPSA) is 120 Å². The first-order valence-corrected chi connectivity index (χ1v) is 11.5. The van der Waals surface area contributed by atoms with Gasteiger partial charge in [-0.05, 0) is 49.6 Å². The number of carboxylic acid groups (broad SMARTS) is 1. The number of H-pyrrole nitrogens is 1. The Morgan fingerprint density at radius 3 is 2.54 bits per heavy atom. The molecule has 0 radical (unpaired) electrons. The van der Waals surface area contributed by atoms with E-state index < -0.39 is 23.7 Å². The van der Waals surface area contributed by atoms with Gasteiger partial charge in [-0.3, -0.25) is 9.59 Å². The molecule has 37 heavy (non-hydrogen) atoms. The zero-order valence-corrected chi connectivity index (χ0v) is 19.6. The third-order valence-corrected chi connectivity index (χ3v) is 6.71. The number of hydrogen-bond acceptors (Lipinski definition) is 4. The van der Waals surface area contributed by atoms with E-state index in [2.05, 4.69) is 15.4 Å². The number of halogens is 3. The van der Waals surface area contributed by atoms with Gasteiger partial charge >= 0.3 is 12.3 Å². The third-order valence-electron chi connectivity index (χ3n) is 6.71. The molecule has 4 aromatic rings. The first-order chi connectivity index (χ1) is 17.5. The smallest absolute Gasteiger partial charge is 0.416 e. The number of nitrogens with one attached hydrogen (secondary N) is 2. The number of benzene rings is 2. The van der Waals surface area contributed by atoms with Crippen LogP contribution in [-0.2, 0) is 6.18 Å². The van der Waals surface area contributed by atoms with Gasteiger partial charge in [-0.15, -0.1) is 0 Å². The molecule has 0 atom stereocenters. The molecule has 0 bridgehead atoms. The van der Waals surface area contributed by atoms with E-state index >= 15 is 0 Å². The first kappa shape index (κ1) is 24.3. The molecule has 2 aromatic heterocycles. The maximum Gasteiger partial charge on any atom is 0.416 e. The molecule has 0 saturated carbocycles. The number of carbonyl (C=O) groups is 2. The predicted octanol–water partition coefficient (Wildman–Crippen LogP) is 4.61. The lowest BCUT2D eigenvalue weighted by molar-refractivity contribution is -0.137. The molecule has 0 aliphatic carbocycles. The van der Waals surface area contributed by atoms with Crippen molar-refractivity contribution >= 4 is 34.2 Å². The summed E-state index contributed by atoms with van der Waals surface area (Å²) in [6.07, 6.45) is -4.56. The van der Waals surface area contributed by atoms with Crippen LogP contribution in [0.1, 0.15) is 45.9 Å². The van der Waals surface area contributed by atoms with Crippen LogP contribution in [0.3, 0.4) is 0 Å². The standard InChI is InChI=1S/C25H22F3N5O4/c1-13-5-6-15(25(26,27)28)11-16(13)23(35)29-17-3-2-4-18-21(17)22-30-20(34)12-19(33(22)31-18)14-7-9-32(10-8-14)24(36)37/h2-6,11-12,14H,7-10H2,1H3,(H,29,35)(H,30,34)(H,36,37). The SMILES string of the molecule is Cc1ccc(C(F)(F)F)cc1C(=O)Nc1cccc2nn3c(C4CCN(C(=O)O)CC4)cc(=O)[nH]c3c12. The highest BCUT2D eigenvalue weighted by atomic mass is 19.4. The molecular formula is C25H22F3N5O4. The molecule has 2 aromatic carbocycles. The molecule has 1 fully saturated rings. The van der Waals surface area contributed by atoms with Crippen LogP contribution in [0.5, 0.6) is 0 Å². The molecule has 1 aliphatic rings. The number of likely N-dealkylation sites (tertiary alicyclic amines) is 1. The number of aromatic nitrogens is 3.